The summed E-state index contributed by atoms with van der Waals surface area (Å²) in [6.07, 6.45) is 1.15. The fraction of sp³-hybridized carbons (Fsp3) is 0.632. The van der Waals surface area contributed by atoms with Crippen LogP contribution in [0.25, 0.3) is 0 Å². The number of ether oxygens (including phenoxy) is 3. The van der Waals surface area contributed by atoms with Gasteiger partial charge in [-0.05, 0) is 44.5 Å². The van der Waals surface area contributed by atoms with Crippen molar-refractivity contribution in [3.63, 3.8) is 0 Å². The van der Waals surface area contributed by atoms with Crippen molar-refractivity contribution in [3.05, 3.63) is 24.3 Å². The maximum atomic E-state index is 5.94. The van der Waals surface area contributed by atoms with Crippen molar-refractivity contribution in [2.45, 2.75) is 26.4 Å². The fourth-order valence-electron chi connectivity index (χ4n) is 2.96. The van der Waals surface area contributed by atoms with Crippen molar-refractivity contribution in [2.75, 3.05) is 47.0 Å². The van der Waals surface area contributed by atoms with Crippen LogP contribution in [0.4, 0.5) is 0 Å². The molecule has 1 heterocycles. The number of aliphatic imine (C=N–C) groups is 1. The molecule has 0 amide bonds. The van der Waals surface area contributed by atoms with E-state index >= 15 is 0 Å². The van der Waals surface area contributed by atoms with Crippen LogP contribution in [-0.2, 0) is 4.74 Å². The van der Waals surface area contributed by atoms with E-state index in [1.165, 1.54) is 0 Å². The number of nitrogens with one attached hydrogen (secondary N) is 1. The van der Waals surface area contributed by atoms with Crippen LogP contribution in [-0.4, -0.2) is 64.0 Å². The van der Waals surface area contributed by atoms with Crippen molar-refractivity contribution in [1.29, 1.82) is 0 Å². The number of guanidine groups is 1. The van der Waals surface area contributed by atoms with Gasteiger partial charge in [-0.3, -0.25) is 0 Å². The molecule has 2 atom stereocenters. The van der Waals surface area contributed by atoms with Gasteiger partial charge in [-0.1, -0.05) is 0 Å². The van der Waals surface area contributed by atoms with Gasteiger partial charge < -0.3 is 24.4 Å². The summed E-state index contributed by atoms with van der Waals surface area (Å²) in [6.45, 7) is 8.43. The van der Waals surface area contributed by atoms with Crippen LogP contribution in [0.1, 0.15) is 20.3 Å². The molecule has 0 bridgehead atoms. The van der Waals surface area contributed by atoms with Crippen LogP contribution in [0.2, 0.25) is 0 Å². The standard InChI is InChI=1S/C19H31N3O3.HI/c1-5-20-19(22-11-10-16(13-22)14-23-3)21-12-15(2)25-18-8-6-17(24-4)7-9-18;/h6-9,15-16H,5,10-14H2,1-4H3,(H,20,21);1H. The molecular formula is C19H32IN3O3. The maximum Gasteiger partial charge on any atom is 0.194 e. The lowest BCUT2D eigenvalue weighted by Crippen LogP contribution is -2.41. The van der Waals surface area contributed by atoms with Crippen molar-refractivity contribution in [3.8, 4) is 11.5 Å². The number of benzene rings is 1. The Hall–Kier alpha value is -1.22. The van der Waals surface area contributed by atoms with E-state index in [1.807, 2.05) is 31.2 Å². The molecule has 0 aromatic heterocycles. The first-order chi connectivity index (χ1) is 12.2. The van der Waals surface area contributed by atoms with Gasteiger partial charge in [-0.25, -0.2) is 4.99 Å². The van der Waals surface area contributed by atoms with Crippen molar-refractivity contribution < 1.29 is 14.2 Å². The minimum atomic E-state index is -0.000531. The zero-order chi connectivity index (χ0) is 18.1. The van der Waals surface area contributed by atoms with E-state index in [0.717, 1.165) is 50.1 Å². The summed E-state index contributed by atoms with van der Waals surface area (Å²) in [4.78, 5) is 7.07. The van der Waals surface area contributed by atoms with E-state index in [9.17, 15) is 0 Å². The van der Waals surface area contributed by atoms with Crippen LogP contribution in [0.15, 0.2) is 29.3 Å². The summed E-state index contributed by atoms with van der Waals surface area (Å²) in [5.74, 6) is 3.20. The average Bonchev–Trinajstić information content (AvgIpc) is 3.08. The van der Waals surface area contributed by atoms with Crippen LogP contribution in [0, 0.1) is 5.92 Å². The molecular weight excluding hydrogens is 445 g/mol. The molecule has 2 unspecified atom stereocenters. The Labute approximate surface area is 174 Å². The largest absolute Gasteiger partial charge is 0.497 e. The van der Waals surface area contributed by atoms with Gasteiger partial charge in [0, 0.05) is 32.7 Å². The van der Waals surface area contributed by atoms with Crippen molar-refractivity contribution >= 4 is 29.9 Å². The van der Waals surface area contributed by atoms with Crippen LogP contribution in [0.5, 0.6) is 11.5 Å². The van der Waals surface area contributed by atoms with E-state index in [1.54, 1.807) is 14.2 Å². The summed E-state index contributed by atoms with van der Waals surface area (Å²) >= 11 is 0. The predicted molar refractivity (Wildman–Crippen MR) is 116 cm³/mol. The average molecular weight is 477 g/mol. The minimum absolute atomic E-state index is 0. The van der Waals surface area contributed by atoms with Crippen molar-refractivity contribution in [2.24, 2.45) is 10.9 Å². The number of halogens is 1. The smallest absolute Gasteiger partial charge is 0.194 e. The van der Waals surface area contributed by atoms with Crippen LogP contribution < -0.4 is 14.8 Å². The molecule has 0 spiro atoms. The lowest BCUT2D eigenvalue weighted by Gasteiger charge is -2.22. The summed E-state index contributed by atoms with van der Waals surface area (Å²) in [5.41, 5.74) is 0. The molecule has 1 aromatic carbocycles. The quantitative estimate of drug-likeness (QED) is 0.355. The molecule has 1 N–H and O–H groups in total. The topological polar surface area (TPSA) is 55.3 Å². The van der Waals surface area contributed by atoms with Crippen molar-refractivity contribution in [1.82, 2.24) is 10.2 Å². The van der Waals surface area contributed by atoms with Gasteiger partial charge in [-0.2, -0.15) is 0 Å². The Morgan fingerprint density at radius 1 is 1.27 bits per heavy atom. The molecule has 26 heavy (non-hydrogen) atoms. The summed E-state index contributed by atoms with van der Waals surface area (Å²) in [7, 11) is 3.42. The highest BCUT2D eigenvalue weighted by molar-refractivity contribution is 14.0. The summed E-state index contributed by atoms with van der Waals surface area (Å²) in [6, 6.07) is 7.63. The van der Waals surface area contributed by atoms with Gasteiger partial charge in [0.25, 0.3) is 0 Å². The van der Waals surface area contributed by atoms with Gasteiger partial charge in [0.2, 0.25) is 0 Å². The minimum Gasteiger partial charge on any atom is -0.497 e. The third kappa shape index (κ3) is 7.19. The first-order valence-corrected chi connectivity index (χ1v) is 8.99. The molecule has 2 rings (SSSR count). The Morgan fingerprint density at radius 3 is 2.58 bits per heavy atom. The SMILES string of the molecule is CCNC(=NCC(C)Oc1ccc(OC)cc1)N1CCC(COC)C1.I. The molecule has 0 radical (unpaired) electrons. The molecule has 1 fully saturated rings. The number of rotatable bonds is 8. The van der Waals surface area contributed by atoms with Gasteiger partial charge in [0.1, 0.15) is 17.6 Å². The zero-order valence-corrected chi connectivity index (χ0v) is 18.6. The first-order valence-electron chi connectivity index (χ1n) is 8.99. The lowest BCUT2D eigenvalue weighted by atomic mass is 10.1. The fourth-order valence-corrected chi connectivity index (χ4v) is 2.96. The third-order valence-electron chi connectivity index (χ3n) is 4.22. The number of hydrogen-bond donors (Lipinski definition) is 1. The number of hydrogen-bond acceptors (Lipinski definition) is 4. The van der Waals surface area contributed by atoms with E-state index in [-0.39, 0.29) is 30.1 Å². The normalized spacial score (nSPS) is 18.2. The number of likely N-dealkylation sites (tertiary alicyclic amines) is 1. The highest BCUT2D eigenvalue weighted by Gasteiger charge is 2.24. The number of nitrogens with zero attached hydrogens (tertiary/aromatic N) is 2. The van der Waals surface area contributed by atoms with Gasteiger partial charge in [-0.15, -0.1) is 24.0 Å². The van der Waals surface area contributed by atoms with E-state index in [0.29, 0.717) is 12.5 Å². The van der Waals surface area contributed by atoms with Gasteiger partial charge in [0.15, 0.2) is 5.96 Å². The van der Waals surface area contributed by atoms with E-state index in [4.69, 9.17) is 19.2 Å². The van der Waals surface area contributed by atoms with Gasteiger partial charge >= 0.3 is 0 Å². The molecule has 1 aliphatic rings. The predicted octanol–water partition coefficient (Wildman–Crippen LogP) is 3.01. The molecule has 1 saturated heterocycles. The van der Waals surface area contributed by atoms with Gasteiger partial charge in [0.05, 0.1) is 20.3 Å². The molecule has 0 aliphatic carbocycles. The highest BCUT2D eigenvalue weighted by atomic mass is 127. The van der Waals surface area contributed by atoms with Crippen LogP contribution >= 0.6 is 24.0 Å². The first kappa shape index (κ1) is 22.8. The highest BCUT2D eigenvalue weighted by Crippen LogP contribution is 2.19. The second-order valence-electron chi connectivity index (χ2n) is 6.35. The zero-order valence-electron chi connectivity index (χ0n) is 16.2. The van der Waals surface area contributed by atoms with E-state index in [2.05, 4.69) is 17.1 Å². The summed E-state index contributed by atoms with van der Waals surface area (Å²) in [5, 5.41) is 3.38. The molecule has 1 aromatic rings. The second-order valence-corrected chi connectivity index (χ2v) is 6.35. The summed E-state index contributed by atoms with van der Waals surface area (Å²) < 4.78 is 16.4. The molecule has 1 aliphatic heterocycles. The molecule has 0 saturated carbocycles. The Balaban J connectivity index is 0.00000338. The molecule has 6 nitrogen and oxygen atoms in total. The molecule has 148 valence electrons. The second kappa shape index (κ2) is 12.2. The number of methoxy groups -OCH3 is 2. The lowest BCUT2D eigenvalue weighted by molar-refractivity contribution is 0.157. The monoisotopic (exact) mass is 477 g/mol. The van der Waals surface area contributed by atoms with Crippen LogP contribution in [0.3, 0.4) is 0 Å². The molecule has 7 heteroatoms. The van der Waals surface area contributed by atoms with E-state index < -0.39 is 0 Å². The Kier molecular flexibility index (Phi) is 10.7. The maximum absolute atomic E-state index is 5.94. The Bertz CT molecular complexity index is 539. The Morgan fingerprint density at radius 2 is 1.96 bits per heavy atom. The third-order valence-corrected chi connectivity index (χ3v) is 4.22.